The highest BCUT2D eigenvalue weighted by molar-refractivity contribution is 7.92. The third-order valence-electron chi connectivity index (χ3n) is 2.12. The Kier molecular flexibility index (Phi) is 2.97. The van der Waals surface area contributed by atoms with Crippen LogP contribution < -0.4 is 10.5 Å². The number of anilines is 2. The van der Waals surface area contributed by atoms with Crippen molar-refractivity contribution in [1.82, 2.24) is 4.98 Å². The van der Waals surface area contributed by atoms with Gasteiger partial charge in [-0.25, -0.2) is 13.4 Å². The number of rotatable bonds is 3. The summed E-state index contributed by atoms with van der Waals surface area (Å²) >= 11 is 0. The van der Waals surface area contributed by atoms with Gasteiger partial charge in [-0.1, -0.05) is 18.2 Å². The van der Waals surface area contributed by atoms with Gasteiger partial charge >= 0.3 is 0 Å². The predicted molar refractivity (Wildman–Crippen MR) is 65.9 cm³/mol. The van der Waals surface area contributed by atoms with Crippen molar-refractivity contribution >= 4 is 21.5 Å². The largest absolute Gasteiger partial charge is 0.396 e. The molecule has 0 saturated carbocycles. The molecule has 0 saturated heterocycles. The Bertz CT molecular complexity index is 612. The van der Waals surface area contributed by atoms with E-state index in [4.69, 9.17) is 5.73 Å². The standard InChI is InChI=1S/C11H11N3O2S/c12-10-7-4-8-13-11(10)14-17(15,16)9-5-2-1-3-6-9/h1-8H,12H2,(H,13,14). The number of sulfonamides is 1. The van der Waals surface area contributed by atoms with E-state index in [0.29, 0.717) is 0 Å². The summed E-state index contributed by atoms with van der Waals surface area (Å²) < 4.78 is 26.2. The van der Waals surface area contributed by atoms with Gasteiger partial charge in [0, 0.05) is 6.20 Å². The Morgan fingerprint density at radius 1 is 1.06 bits per heavy atom. The molecule has 1 aromatic heterocycles. The van der Waals surface area contributed by atoms with Gasteiger partial charge in [0.15, 0.2) is 5.82 Å². The molecule has 0 aliphatic rings. The first-order valence-corrected chi connectivity index (χ1v) is 6.36. The summed E-state index contributed by atoms with van der Waals surface area (Å²) in [6.07, 6.45) is 1.47. The van der Waals surface area contributed by atoms with Gasteiger partial charge in [0.2, 0.25) is 0 Å². The van der Waals surface area contributed by atoms with Crippen LogP contribution in [-0.2, 0) is 10.0 Å². The summed E-state index contributed by atoms with van der Waals surface area (Å²) in [5.41, 5.74) is 5.90. The fourth-order valence-corrected chi connectivity index (χ4v) is 2.35. The number of benzene rings is 1. The average Bonchev–Trinajstić information content (AvgIpc) is 2.33. The summed E-state index contributed by atoms with van der Waals surface area (Å²) in [6, 6.07) is 11.3. The number of nitrogens with two attached hydrogens (primary N) is 1. The number of aromatic nitrogens is 1. The second-order valence-corrected chi connectivity index (χ2v) is 5.04. The van der Waals surface area contributed by atoms with Crippen LogP contribution in [0.5, 0.6) is 0 Å². The molecule has 0 atom stereocenters. The van der Waals surface area contributed by atoms with Gasteiger partial charge in [0.05, 0.1) is 10.6 Å². The van der Waals surface area contributed by atoms with E-state index in [1.165, 1.54) is 18.3 Å². The van der Waals surface area contributed by atoms with Gasteiger partial charge in [-0.2, -0.15) is 0 Å². The number of hydrogen-bond acceptors (Lipinski definition) is 4. The van der Waals surface area contributed by atoms with Crippen molar-refractivity contribution in [1.29, 1.82) is 0 Å². The lowest BCUT2D eigenvalue weighted by Crippen LogP contribution is -2.14. The maximum atomic E-state index is 11.9. The second-order valence-electron chi connectivity index (χ2n) is 3.36. The Hall–Kier alpha value is -2.08. The maximum absolute atomic E-state index is 11.9. The van der Waals surface area contributed by atoms with Crippen LogP contribution in [0.4, 0.5) is 11.5 Å². The monoisotopic (exact) mass is 249 g/mol. The molecule has 3 N–H and O–H groups in total. The van der Waals surface area contributed by atoms with E-state index >= 15 is 0 Å². The van der Waals surface area contributed by atoms with Crippen molar-refractivity contribution in [3.05, 3.63) is 48.7 Å². The molecule has 5 nitrogen and oxygen atoms in total. The summed E-state index contributed by atoms with van der Waals surface area (Å²) in [4.78, 5) is 4.05. The molecule has 0 fully saturated rings. The van der Waals surface area contributed by atoms with Gasteiger partial charge in [-0.3, -0.25) is 4.72 Å². The summed E-state index contributed by atoms with van der Waals surface area (Å²) in [5, 5.41) is 0. The van der Waals surface area contributed by atoms with Crippen LogP contribution >= 0.6 is 0 Å². The predicted octanol–water partition coefficient (Wildman–Crippen LogP) is 1.46. The zero-order valence-electron chi connectivity index (χ0n) is 8.87. The molecule has 2 aromatic rings. The molecule has 1 aromatic carbocycles. The zero-order chi connectivity index (χ0) is 12.3. The SMILES string of the molecule is Nc1cccnc1NS(=O)(=O)c1ccccc1. The van der Waals surface area contributed by atoms with Crippen molar-refractivity contribution in [3.8, 4) is 0 Å². The smallest absolute Gasteiger partial charge is 0.263 e. The molecule has 0 radical (unpaired) electrons. The summed E-state index contributed by atoms with van der Waals surface area (Å²) in [7, 11) is -3.63. The van der Waals surface area contributed by atoms with E-state index in [2.05, 4.69) is 9.71 Å². The van der Waals surface area contributed by atoms with Crippen molar-refractivity contribution < 1.29 is 8.42 Å². The van der Waals surface area contributed by atoms with Gasteiger partial charge in [0.1, 0.15) is 0 Å². The Morgan fingerprint density at radius 2 is 1.76 bits per heavy atom. The van der Waals surface area contributed by atoms with Gasteiger partial charge in [-0.05, 0) is 24.3 Å². The van der Waals surface area contributed by atoms with Crippen LogP contribution in [0.3, 0.4) is 0 Å². The molecular weight excluding hydrogens is 238 g/mol. The molecule has 0 spiro atoms. The number of pyridine rings is 1. The molecule has 0 aliphatic heterocycles. The van der Waals surface area contributed by atoms with E-state index in [1.54, 1.807) is 30.3 Å². The third-order valence-corrected chi connectivity index (χ3v) is 3.48. The van der Waals surface area contributed by atoms with Crippen LogP contribution in [0, 0.1) is 0 Å². The minimum atomic E-state index is -3.63. The Labute approximate surface area is 99.4 Å². The fraction of sp³-hybridized carbons (Fsp3) is 0. The van der Waals surface area contributed by atoms with Crippen molar-refractivity contribution in [3.63, 3.8) is 0 Å². The lowest BCUT2D eigenvalue weighted by Gasteiger charge is -2.08. The van der Waals surface area contributed by atoms with Crippen molar-refractivity contribution in [2.45, 2.75) is 4.90 Å². The summed E-state index contributed by atoms with van der Waals surface area (Å²) in [6.45, 7) is 0. The van der Waals surface area contributed by atoms with E-state index < -0.39 is 10.0 Å². The first-order chi connectivity index (χ1) is 8.09. The van der Waals surface area contributed by atoms with Crippen LogP contribution in [-0.4, -0.2) is 13.4 Å². The van der Waals surface area contributed by atoms with Crippen LogP contribution in [0.15, 0.2) is 53.6 Å². The lowest BCUT2D eigenvalue weighted by molar-refractivity contribution is 0.601. The molecule has 0 aliphatic carbocycles. The van der Waals surface area contributed by atoms with Crippen LogP contribution in [0.1, 0.15) is 0 Å². The van der Waals surface area contributed by atoms with Crippen LogP contribution in [0.2, 0.25) is 0 Å². The van der Waals surface area contributed by atoms with Crippen molar-refractivity contribution in [2.75, 3.05) is 10.5 Å². The molecule has 0 amide bonds. The van der Waals surface area contributed by atoms with E-state index in [1.807, 2.05) is 0 Å². The molecular formula is C11H11N3O2S. The van der Waals surface area contributed by atoms with E-state index in [-0.39, 0.29) is 16.4 Å². The van der Waals surface area contributed by atoms with Gasteiger partial charge in [-0.15, -0.1) is 0 Å². The molecule has 2 rings (SSSR count). The minimum Gasteiger partial charge on any atom is -0.396 e. The highest BCUT2D eigenvalue weighted by atomic mass is 32.2. The quantitative estimate of drug-likeness (QED) is 0.862. The maximum Gasteiger partial charge on any atom is 0.263 e. The van der Waals surface area contributed by atoms with Crippen molar-refractivity contribution in [2.24, 2.45) is 0 Å². The number of hydrogen-bond donors (Lipinski definition) is 2. The van der Waals surface area contributed by atoms with Gasteiger partial charge < -0.3 is 5.73 Å². The topological polar surface area (TPSA) is 85.1 Å². The van der Waals surface area contributed by atoms with Crippen LogP contribution in [0.25, 0.3) is 0 Å². The highest BCUT2D eigenvalue weighted by Crippen LogP contribution is 2.18. The molecule has 6 heteroatoms. The van der Waals surface area contributed by atoms with E-state index in [9.17, 15) is 8.42 Å². The molecule has 88 valence electrons. The normalized spacial score (nSPS) is 11.1. The number of nitrogens with one attached hydrogen (secondary N) is 1. The number of nitrogen functional groups attached to an aromatic ring is 1. The lowest BCUT2D eigenvalue weighted by atomic mass is 10.4. The van der Waals surface area contributed by atoms with Gasteiger partial charge in [0.25, 0.3) is 10.0 Å². The highest BCUT2D eigenvalue weighted by Gasteiger charge is 2.15. The average molecular weight is 249 g/mol. The molecule has 0 unspecified atom stereocenters. The molecule has 0 bridgehead atoms. The zero-order valence-corrected chi connectivity index (χ0v) is 9.68. The number of nitrogens with zero attached hydrogens (tertiary/aromatic N) is 1. The minimum absolute atomic E-state index is 0.136. The fourth-order valence-electron chi connectivity index (χ4n) is 1.29. The first kappa shape index (κ1) is 11.4. The molecule has 1 heterocycles. The molecule has 17 heavy (non-hydrogen) atoms. The third kappa shape index (κ3) is 2.54. The Balaban J connectivity index is 2.34. The first-order valence-electron chi connectivity index (χ1n) is 4.88. The van der Waals surface area contributed by atoms with E-state index in [0.717, 1.165) is 0 Å². The second kappa shape index (κ2) is 4.42. The Morgan fingerprint density at radius 3 is 2.41 bits per heavy atom. The summed E-state index contributed by atoms with van der Waals surface area (Å²) in [5.74, 6) is 0.136.